The molecule has 0 spiro atoms. The van der Waals surface area contributed by atoms with Crippen LogP contribution in [-0.2, 0) is 6.54 Å². The summed E-state index contributed by atoms with van der Waals surface area (Å²) in [7, 11) is 0. The molecule has 2 N–H and O–H groups in total. The maximum Gasteiger partial charge on any atom is 0.258 e. The van der Waals surface area contributed by atoms with Crippen molar-refractivity contribution < 1.29 is 0 Å². The predicted octanol–water partition coefficient (Wildman–Crippen LogP) is 1.42. The second-order valence-electron chi connectivity index (χ2n) is 4.73. The van der Waals surface area contributed by atoms with Crippen LogP contribution in [0.3, 0.4) is 0 Å². The number of para-hydroxylation sites is 1. The van der Waals surface area contributed by atoms with Gasteiger partial charge in [0.05, 0.1) is 17.4 Å². The third-order valence-corrected chi connectivity index (χ3v) is 3.30. The van der Waals surface area contributed by atoms with Crippen molar-refractivity contribution >= 4 is 10.9 Å². The van der Waals surface area contributed by atoms with Crippen molar-refractivity contribution in [2.24, 2.45) is 5.92 Å². The number of nitrogens with one attached hydrogen (secondary N) is 2. The van der Waals surface area contributed by atoms with E-state index in [4.69, 9.17) is 0 Å². The Bertz CT molecular complexity index is 605. The first-order chi connectivity index (χ1) is 8.24. The molecule has 1 aliphatic carbocycles. The molecular weight excluding hydrogens is 214 g/mol. The second kappa shape index (κ2) is 3.96. The zero-order chi connectivity index (χ0) is 11.8. The Morgan fingerprint density at radius 2 is 2.24 bits per heavy atom. The van der Waals surface area contributed by atoms with Gasteiger partial charge in [-0.2, -0.15) is 0 Å². The Morgan fingerprint density at radius 1 is 1.47 bits per heavy atom. The Labute approximate surface area is 99.1 Å². The Morgan fingerprint density at radius 3 is 3.00 bits per heavy atom. The van der Waals surface area contributed by atoms with Crippen LogP contribution in [0.15, 0.2) is 29.1 Å². The van der Waals surface area contributed by atoms with Crippen LogP contribution >= 0.6 is 0 Å². The molecule has 0 radical (unpaired) electrons. The maximum atomic E-state index is 11.8. The zero-order valence-electron chi connectivity index (χ0n) is 9.73. The summed E-state index contributed by atoms with van der Waals surface area (Å²) in [6.45, 7) is 2.85. The van der Waals surface area contributed by atoms with Crippen molar-refractivity contribution in [3.63, 3.8) is 0 Å². The SMILES string of the molecule is CC1CC1NCc1nc2ccccc2c(=O)[nH]1. The van der Waals surface area contributed by atoms with E-state index in [9.17, 15) is 4.79 Å². The Kier molecular flexibility index (Phi) is 2.44. The molecule has 1 aliphatic rings. The minimum atomic E-state index is -0.0590. The van der Waals surface area contributed by atoms with Crippen molar-refractivity contribution in [1.29, 1.82) is 0 Å². The molecule has 1 heterocycles. The van der Waals surface area contributed by atoms with Crippen LogP contribution < -0.4 is 10.9 Å². The minimum Gasteiger partial charge on any atom is -0.309 e. The van der Waals surface area contributed by atoms with Gasteiger partial charge in [0.2, 0.25) is 0 Å². The lowest BCUT2D eigenvalue weighted by Crippen LogP contribution is -2.21. The van der Waals surface area contributed by atoms with Gasteiger partial charge >= 0.3 is 0 Å². The van der Waals surface area contributed by atoms with E-state index >= 15 is 0 Å². The van der Waals surface area contributed by atoms with Crippen molar-refractivity contribution in [3.05, 3.63) is 40.4 Å². The average Bonchev–Trinajstić information content (AvgIpc) is 3.03. The summed E-state index contributed by atoms with van der Waals surface area (Å²) < 4.78 is 0. The smallest absolute Gasteiger partial charge is 0.258 e. The van der Waals surface area contributed by atoms with E-state index in [-0.39, 0.29) is 5.56 Å². The second-order valence-corrected chi connectivity index (χ2v) is 4.73. The highest BCUT2D eigenvalue weighted by Gasteiger charge is 2.31. The highest BCUT2D eigenvalue weighted by atomic mass is 16.1. The van der Waals surface area contributed by atoms with E-state index in [0.29, 0.717) is 23.8 Å². The molecule has 88 valence electrons. The van der Waals surface area contributed by atoms with E-state index in [1.807, 2.05) is 18.2 Å². The first-order valence-corrected chi connectivity index (χ1v) is 5.95. The van der Waals surface area contributed by atoms with E-state index < -0.39 is 0 Å². The molecule has 0 bridgehead atoms. The zero-order valence-corrected chi connectivity index (χ0v) is 9.73. The molecule has 17 heavy (non-hydrogen) atoms. The van der Waals surface area contributed by atoms with Crippen LogP contribution in [0.25, 0.3) is 10.9 Å². The molecule has 4 nitrogen and oxygen atoms in total. The van der Waals surface area contributed by atoms with Gasteiger partial charge in [-0.25, -0.2) is 4.98 Å². The third kappa shape index (κ3) is 2.08. The summed E-state index contributed by atoms with van der Waals surface area (Å²) in [6, 6.07) is 8.00. The summed E-state index contributed by atoms with van der Waals surface area (Å²) >= 11 is 0. The van der Waals surface area contributed by atoms with Gasteiger partial charge in [-0.05, 0) is 24.5 Å². The number of hydrogen-bond donors (Lipinski definition) is 2. The lowest BCUT2D eigenvalue weighted by atomic mass is 10.2. The van der Waals surface area contributed by atoms with E-state index in [2.05, 4.69) is 22.2 Å². The van der Waals surface area contributed by atoms with E-state index in [1.165, 1.54) is 6.42 Å². The molecule has 4 heteroatoms. The number of nitrogens with zero attached hydrogens (tertiary/aromatic N) is 1. The summed E-state index contributed by atoms with van der Waals surface area (Å²) in [4.78, 5) is 19.1. The van der Waals surface area contributed by atoms with Gasteiger partial charge in [0, 0.05) is 6.04 Å². The number of fused-ring (bicyclic) bond motifs is 1. The number of benzene rings is 1. The van der Waals surface area contributed by atoms with Crippen LogP contribution in [0.5, 0.6) is 0 Å². The molecule has 0 saturated heterocycles. The largest absolute Gasteiger partial charge is 0.309 e. The minimum absolute atomic E-state index is 0.0590. The topological polar surface area (TPSA) is 57.8 Å². The normalized spacial score (nSPS) is 22.9. The molecular formula is C13H15N3O. The van der Waals surface area contributed by atoms with Crippen molar-refractivity contribution in [3.8, 4) is 0 Å². The quantitative estimate of drug-likeness (QED) is 0.837. The summed E-state index contributed by atoms with van der Waals surface area (Å²) in [5.74, 6) is 1.47. The van der Waals surface area contributed by atoms with Crippen LogP contribution in [-0.4, -0.2) is 16.0 Å². The van der Waals surface area contributed by atoms with Gasteiger partial charge in [0.15, 0.2) is 0 Å². The molecule has 3 rings (SSSR count). The number of rotatable bonds is 3. The molecule has 1 saturated carbocycles. The van der Waals surface area contributed by atoms with Crippen molar-refractivity contribution in [1.82, 2.24) is 15.3 Å². The first kappa shape index (κ1) is 10.5. The molecule has 2 unspecified atom stereocenters. The third-order valence-electron chi connectivity index (χ3n) is 3.30. The molecule has 2 aromatic rings. The number of aromatic amines is 1. The van der Waals surface area contributed by atoms with E-state index in [0.717, 1.165) is 11.4 Å². The van der Waals surface area contributed by atoms with Gasteiger partial charge < -0.3 is 10.3 Å². The monoisotopic (exact) mass is 229 g/mol. The highest BCUT2D eigenvalue weighted by molar-refractivity contribution is 5.77. The summed E-state index contributed by atoms with van der Waals surface area (Å²) in [6.07, 6.45) is 1.22. The number of H-pyrrole nitrogens is 1. The van der Waals surface area contributed by atoms with Gasteiger partial charge in [-0.3, -0.25) is 4.79 Å². The molecule has 1 aromatic heterocycles. The maximum absolute atomic E-state index is 11.8. The fourth-order valence-electron chi connectivity index (χ4n) is 2.05. The number of aromatic nitrogens is 2. The molecule has 2 atom stereocenters. The average molecular weight is 229 g/mol. The standard InChI is InChI=1S/C13H15N3O/c1-8-6-11(8)14-7-12-15-10-5-3-2-4-9(10)13(17)16-12/h2-5,8,11,14H,6-7H2,1H3,(H,15,16,17). The summed E-state index contributed by atoms with van der Waals surface area (Å²) in [5.41, 5.74) is 0.702. The van der Waals surface area contributed by atoms with Crippen LogP contribution in [0.1, 0.15) is 19.2 Å². The molecule has 1 aromatic carbocycles. The van der Waals surface area contributed by atoms with Crippen LogP contribution in [0.4, 0.5) is 0 Å². The van der Waals surface area contributed by atoms with Crippen molar-refractivity contribution in [2.75, 3.05) is 0 Å². The molecule has 1 fully saturated rings. The van der Waals surface area contributed by atoms with Gasteiger partial charge in [0.25, 0.3) is 5.56 Å². The van der Waals surface area contributed by atoms with Crippen molar-refractivity contribution in [2.45, 2.75) is 25.9 Å². The van der Waals surface area contributed by atoms with E-state index in [1.54, 1.807) is 6.07 Å². The molecule has 0 amide bonds. The van der Waals surface area contributed by atoms with Crippen LogP contribution in [0.2, 0.25) is 0 Å². The van der Waals surface area contributed by atoms with Gasteiger partial charge in [0.1, 0.15) is 5.82 Å². The number of hydrogen-bond acceptors (Lipinski definition) is 3. The Hall–Kier alpha value is -1.68. The first-order valence-electron chi connectivity index (χ1n) is 5.95. The fraction of sp³-hybridized carbons (Fsp3) is 0.385. The fourth-order valence-corrected chi connectivity index (χ4v) is 2.05. The van der Waals surface area contributed by atoms with Gasteiger partial charge in [-0.1, -0.05) is 19.1 Å². The highest BCUT2D eigenvalue weighted by Crippen LogP contribution is 2.28. The molecule has 0 aliphatic heterocycles. The summed E-state index contributed by atoms with van der Waals surface area (Å²) in [5, 5.41) is 4.03. The Balaban J connectivity index is 1.87. The lowest BCUT2D eigenvalue weighted by molar-refractivity contribution is 0.630. The van der Waals surface area contributed by atoms with Gasteiger partial charge in [-0.15, -0.1) is 0 Å². The van der Waals surface area contributed by atoms with Crippen LogP contribution in [0, 0.1) is 5.92 Å². The predicted molar refractivity (Wildman–Crippen MR) is 66.8 cm³/mol. The lowest BCUT2D eigenvalue weighted by Gasteiger charge is -2.04.